The van der Waals surface area contributed by atoms with Gasteiger partial charge in [-0.2, -0.15) is 5.26 Å². The Kier molecular flexibility index (Phi) is 3.67. The molecule has 0 aliphatic rings. The number of ether oxygens (including phenoxy) is 1. The van der Waals surface area contributed by atoms with Gasteiger partial charge >= 0.3 is 0 Å². The average molecular weight is 256 g/mol. The lowest BCUT2D eigenvalue weighted by Crippen LogP contribution is -2.01. The van der Waals surface area contributed by atoms with E-state index in [-0.39, 0.29) is 12.4 Å². The van der Waals surface area contributed by atoms with Crippen molar-refractivity contribution in [2.24, 2.45) is 0 Å². The number of halogens is 1. The van der Waals surface area contributed by atoms with Gasteiger partial charge in [0.1, 0.15) is 18.2 Å². The van der Waals surface area contributed by atoms with Crippen LogP contribution in [0.25, 0.3) is 0 Å². The molecule has 2 N–H and O–H groups in total. The highest BCUT2D eigenvalue weighted by Gasteiger charge is 2.05. The molecule has 0 saturated heterocycles. The Balaban J connectivity index is 2.16. The summed E-state index contributed by atoms with van der Waals surface area (Å²) in [5.74, 6) is 0.256. The maximum Gasteiger partial charge on any atom is 0.125 e. The number of benzene rings is 2. The largest absolute Gasteiger partial charge is 0.489 e. The quantitative estimate of drug-likeness (QED) is 0.858. The predicted molar refractivity (Wildman–Crippen MR) is 71.0 cm³/mol. The summed E-state index contributed by atoms with van der Waals surface area (Å²) in [4.78, 5) is 0. The Hall–Kier alpha value is -2.54. The lowest BCUT2D eigenvalue weighted by atomic mass is 10.1. The van der Waals surface area contributed by atoms with Gasteiger partial charge in [0, 0.05) is 11.3 Å². The van der Waals surface area contributed by atoms with Crippen LogP contribution < -0.4 is 10.5 Å². The number of aryl methyl sites for hydroxylation is 1. The number of hydrogen-bond acceptors (Lipinski definition) is 3. The highest BCUT2D eigenvalue weighted by molar-refractivity contribution is 5.47. The van der Waals surface area contributed by atoms with Gasteiger partial charge in [-0.1, -0.05) is 12.1 Å². The molecule has 2 aromatic rings. The first-order valence-electron chi connectivity index (χ1n) is 5.77. The summed E-state index contributed by atoms with van der Waals surface area (Å²) < 4.78 is 18.5. The fourth-order valence-corrected chi connectivity index (χ4v) is 1.68. The van der Waals surface area contributed by atoms with E-state index in [0.717, 1.165) is 5.56 Å². The van der Waals surface area contributed by atoms with Crippen molar-refractivity contribution in [1.82, 2.24) is 0 Å². The molecule has 0 spiro atoms. The van der Waals surface area contributed by atoms with E-state index < -0.39 is 0 Å². The summed E-state index contributed by atoms with van der Waals surface area (Å²) in [5, 5.41) is 8.85. The van der Waals surface area contributed by atoms with Gasteiger partial charge in [0.05, 0.1) is 11.6 Å². The van der Waals surface area contributed by atoms with Gasteiger partial charge < -0.3 is 10.5 Å². The first-order valence-corrected chi connectivity index (χ1v) is 5.77. The third kappa shape index (κ3) is 3.02. The lowest BCUT2D eigenvalue weighted by molar-refractivity contribution is 0.304. The van der Waals surface area contributed by atoms with Gasteiger partial charge in [0.15, 0.2) is 0 Å². The third-order valence-electron chi connectivity index (χ3n) is 2.81. The summed E-state index contributed by atoms with van der Waals surface area (Å²) in [6, 6.07) is 11.5. The van der Waals surface area contributed by atoms with E-state index in [9.17, 15) is 4.39 Å². The number of anilines is 1. The molecule has 2 rings (SSSR count). The molecule has 0 aromatic heterocycles. The Morgan fingerprint density at radius 3 is 2.74 bits per heavy atom. The highest BCUT2D eigenvalue weighted by atomic mass is 19.1. The molecule has 0 aliphatic carbocycles. The number of nitrogens with zero attached hydrogens (tertiary/aromatic N) is 1. The number of nitriles is 1. The van der Waals surface area contributed by atoms with Crippen molar-refractivity contribution < 1.29 is 9.13 Å². The molecule has 0 aliphatic heterocycles. The first-order chi connectivity index (χ1) is 9.10. The van der Waals surface area contributed by atoms with Crippen molar-refractivity contribution in [1.29, 1.82) is 5.26 Å². The normalized spacial score (nSPS) is 9.95. The second-order valence-electron chi connectivity index (χ2n) is 4.22. The van der Waals surface area contributed by atoms with Gasteiger partial charge in [-0.15, -0.1) is 0 Å². The van der Waals surface area contributed by atoms with E-state index in [1.165, 1.54) is 12.1 Å². The van der Waals surface area contributed by atoms with E-state index in [1.54, 1.807) is 18.2 Å². The minimum absolute atomic E-state index is 0.238. The lowest BCUT2D eigenvalue weighted by Gasteiger charge is -2.11. The molecule has 0 saturated carbocycles. The van der Waals surface area contributed by atoms with Gasteiger partial charge in [-0.3, -0.25) is 0 Å². The van der Waals surface area contributed by atoms with Crippen LogP contribution in [0, 0.1) is 24.1 Å². The molecule has 4 heteroatoms. The molecule has 2 aromatic carbocycles. The zero-order chi connectivity index (χ0) is 13.8. The second kappa shape index (κ2) is 5.40. The molecule has 0 fully saturated rings. The van der Waals surface area contributed by atoms with E-state index in [2.05, 4.69) is 6.07 Å². The first kappa shape index (κ1) is 12.9. The van der Waals surface area contributed by atoms with Crippen LogP contribution in [0.5, 0.6) is 5.75 Å². The molecule has 0 radical (unpaired) electrons. The Morgan fingerprint density at radius 2 is 2.05 bits per heavy atom. The van der Waals surface area contributed by atoms with Crippen molar-refractivity contribution in [2.75, 3.05) is 5.73 Å². The molecule has 96 valence electrons. The average Bonchev–Trinajstić information content (AvgIpc) is 2.39. The monoisotopic (exact) mass is 256 g/mol. The Bertz CT molecular complexity index is 647. The van der Waals surface area contributed by atoms with Crippen molar-refractivity contribution >= 4 is 5.69 Å². The summed E-state index contributed by atoms with van der Waals surface area (Å²) in [6.45, 7) is 2.13. The Morgan fingerprint density at radius 1 is 1.26 bits per heavy atom. The second-order valence-corrected chi connectivity index (χ2v) is 4.22. The van der Waals surface area contributed by atoms with Crippen LogP contribution in [0.2, 0.25) is 0 Å². The van der Waals surface area contributed by atoms with Crippen LogP contribution in [0.15, 0.2) is 36.4 Å². The predicted octanol–water partition coefficient (Wildman–Crippen LogP) is 3.17. The topological polar surface area (TPSA) is 59.0 Å². The van der Waals surface area contributed by atoms with Gasteiger partial charge in [0.2, 0.25) is 0 Å². The fourth-order valence-electron chi connectivity index (χ4n) is 1.68. The zero-order valence-corrected chi connectivity index (χ0v) is 10.5. The number of rotatable bonds is 3. The smallest absolute Gasteiger partial charge is 0.125 e. The van der Waals surface area contributed by atoms with Crippen molar-refractivity contribution in [3.63, 3.8) is 0 Å². The molecular formula is C15H13FN2O. The summed E-state index contributed by atoms with van der Waals surface area (Å²) in [6.07, 6.45) is 0. The van der Waals surface area contributed by atoms with Crippen LogP contribution in [0.3, 0.4) is 0 Å². The molecule has 0 atom stereocenters. The molecule has 0 unspecified atom stereocenters. The summed E-state index contributed by atoms with van der Waals surface area (Å²) >= 11 is 0. The van der Waals surface area contributed by atoms with Gasteiger partial charge in [0.25, 0.3) is 0 Å². The number of nitrogen functional groups attached to an aromatic ring is 1. The van der Waals surface area contributed by atoms with Crippen molar-refractivity contribution in [3.8, 4) is 11.8 Å². The molecule has 3 nitrogen and oxygen atoms in total. The summed E-state index contributed by atoms with van der Waals surface area (Å²) in [5.41, 5.74) is 8.24. The Labute approximate surface area is 111 Å². The number of hydrogen-bond donors (Lipinski definition) is 1. The molecule has 19 heavy (non-hydrogen) atoms. The zero-order valence-electron chi connectivity index (χ0n) is 10.5. The third-order valence-corrected chi connectivity index (χ3v) is 2.81. The van der Waals surface area contributed by atoms with E-state index in [1.807, 2.05) is 13.0 Å². The van der Waals surface area contributed by atoms with E-state index >= 15 is 0 Å². The van der Waals surface area contributed by atoms with Crippen LogP contribution in [-0.2, 0) is 6.61 Å². The SMILES string of the molecule is Cc1ccc(C#N)cc1OCc1ccc(F)cc1N. The van der Waals surface area contributed by atoms with Crippen molar-refractivity contribution in [2.45, 2.75) is 13.5 Å². The number of nitrogens with two attached hydrogens (primary N) is 1. The molecule has 0 amide bonds. The molecule has 0 bridgehead atoms. The maximum absolute atomic E-state index is 12.9. The minimum Gasteiger partial charge on any atom is -0.489 e. The van der Waals surface area contributed by atoms with Crippen molar-refractivity contribution in [3.05, 3.63) is 58.9 Å². The van der Waals surface area contributed by atoms with Crippen LogP contribution in [-0.4, -0.2) is 0 Å². The van der Waals surface area contributed by atoms with Crippen LogP contribution >= 0.6 is 0 Å². The van der Waals surface area contributed by atoms with Crippen LogP contribution in [0.1, 0.15) is 16.7 Å². The van der Waals surface area contributed by atoms with E-state index in [0.29, 0.717) is 22.6 Å². The minimum atomic E-state index is -0.371. The fraction of sp³-hybridized carbons (Fsp3) is 0.133. The summed E-state index contributed by atoms with van der Waals surface area (Å²) in [7, 11) is 0. The standard InChI is InChI=1S/C15H13FN2O/c1-10-2-3-11(8-17)6-15(10)19-9-12-4-5-13(16)7-14(12)18/h2-7H,9,18H2,1H3. The molecule has 0 heterocycles. The van der Waals surface area contributed by atoms with Gasteiger partial charge in [-0.25, -0.2) is 4.39 Å². The molecular weight excluding hydrogens is 243 g/mol. The maximum atomic E-state index is 12.9. The van der Waals surface area contributed by atoms with E-state index in [4.69, 9.17) is 15.7 Å². The van der Waals surface area contributed by atoms with Crippen LogP contribution in [0.4, 0.5) is 10.1 Å². The van der Waals surface area contributed by atoms with Gasteiger partial charge in [-0.05, 0) is 36.8 Å². The highest BCUT2D eigenvalue weighted by Crippen LogP contribution is 2.22.